The molecule has 1 aliphatic heterocycles. The number of likely N-dealkylation sites (N-methyl/N-ethyl adjacent to an activating group) is 1. The minimum absolute atomic E-state index is 0. The number of ether oxygens (including phenoxy) is 1. The van der Waals surface area contributed by atoms with Gasteiger partial charge in [0, 0.05) is 6.07 Å². The molecule has 1 fully saturated rings. The van der Waals surface area contributed by atoms with E-state index in [2.05, 4.69) is 7.05 Å². The lowest BCUT2D eigenvalue weighted by Gasteiger charge is -2.37. The van der Waals surface area contributed by atoms with Gasteiger partial charge in [0.15, 0.2) is 0 Å². The summed E-state index contributed by atoms with van der Waals surface area (Å²) in [4.78, 5) is 0. The Kier molecular flexibility index (Phi) is 8.09. The van der Waals surface area contributed by atoms with Crippen LogP contribution in [0.5, 0.6) is 11.5 Å². The quantitative estimate of drug-likeness (QED) is 0.442. The summed E-state index contributed by atoms with van der Waals surface area (Å²) in [6, 6.07) is 4.81. The number of likely N-dealkylation sites (tertiary alicyclic amines) is 1. The number of piperidine rings is 1. The Labute approximate surface area is 133 Å². The van der Waals surface area contributed by atoms with E-state index >= 15 is 0 Å². The van der Waals surface area contributed by atoms with Crippen molar-refractivity contribution in [3.05, 3.63) is 18.2 Å². The Morgan fingerprint density at radius 1 is 1.25 bits per heavy atom. The van der Waals surface area contributed by atoms with E-state index in [4.69, 9.17) is 10.5 Å². The zero-order valence-electron chi connectivity index (χ0n) is 11.8. The molecule has 4 nitrogen and oxygen atoms in total. The van der Waals surface area contributed by atoms with Gasteiger partial charge in [-0.15, -0.1) is 12.4 Å². The topological polar surface area (TPSA) is 55.5 Å². The summed E-state index contributed by atoms with van der Waals surface area (Å²) in [5.74, 6) is 0.774. The second kappa shape index (κ2) is 8.45. The summed E-state index contributed by atoms with van der Waals surface area (Å²) in [6.07, 6.45) is 3.98. The number of rotatable bonds is 4. The number of hydrogen-bond donors (Lipinski definition) is 2. The SMILES string of the molecule is C[N+]1(CCOc2cc(O)ccc2N)CCCCC1.Cl.[Cl-]. The maximum absolute atomic E-state index is 9.40. The Balaban J connectivity index is 0.00000180. The lowest BCUT2D eigenvalue weighted by Crippen LogP contribution is -3.00. The summed E-state index contributed by atoms with van der Waals surface area (Å²) in [5.41, 5.74) is 6.38. The molecule has 1 saturated heterocycles. The van der Waals surface area contributed by atoms with Gasteiger partial charge in [-0.2, -0.15) is 0 Å². The van der Waals surface area contributed by atoms with Crippen molar-refractivity contribution < 1.29 is 26.7 Å². The molecule has 6 heteroatoms. The summed E-state index contributed by atoms with van der Waals surface area (Å²) >= 11 is 0. The first-order valence-electron chi connectivity index (χ1n) is 6.64. The number of phenols is 1. The average molecular weight is 323 g/mol. The number of quaternary nitrogens is 1. The van der Waals surface area contributed by atoms with Gasteiger partial charge in [0.2, 0.25) is 0 Å². The molecule has 0 aromatic heterocycles. The van der Waals surface area contributed by atoms with E-state index in [1.165, 1.54) is 32.4 Å². The lowest BCUT2D eigenvalue weighted by atomic mass is 10.1. The summed E-state index contributed by atoms with van der Waals surface area (Å²) < 4.78 is 6.77. The average Bonchev–Trinajstić information content (AvgIpc) is 2.34. The predicted octanol–water partition coefficient (Wildman–Crippen LogP) is -0.590. The molecule has 1 aromatic rings. The highest BCUT2D eigenvalue weighted by molar-refractivity contribution is 5.85. The fourth-order valence-electron chi connectivity index (χ4n) is 2.52. The van der Waals surface area contributed by atoms with Gasteiger partial charge in [0.1, 0.15) is 24.7 Å². The van der Waals surface area contributed by atoms with Gasteiger partial charge in [-0.05, 0) is 31.4 Å². The third-order valence-electron chi connectivity index (χ3n) is 3.78. The molecule has 116 valence electrons. The standard InChI is InChI=1S/C14H22N2O2.2ClH/c1-16(7-3-2-4-8-16)9-10-18-14-11-12(17)5-6-13(14)15;;/h5-6,11H,2-4,7-10,15H2,1H3;2*1H. The fourth-order valence-corrected chi connectivity index (χ4v) is 2.52. The molecular formula is C14H24Cl2N2O2. The van der Waals surface area contributed by atoms with E-state index in [-0.39, 0.29) is 30.6 Å². The highest BCUT2D eigenvalue weighted by Gasteiger charge is 2.24. The van der Waals surface area contributed by atoms with Gasteiger partial charge in [0.25, 0.3) is 0 Å². The van der Waals surface area contributed by atoms with Crippen molar-refractivity contribution >= 4 is 18.1 Å². The van der Waals surface area contributed by atoms with E-state index in [0.29, 0.717) is 18.0 Å². The Morgan fingerprint density at radius 2 is 1.90 bits per heavy atom. The molecule has 0 atom stereocenters. The second-order valence-electron chi connectivity index (χ2n) is 5.42. The van der Waals surface area contributed by atoms with Gasteiger partial charge in [0.05, 0.1) is 25.8 Å². The first-order chi connectivity index (χ1) is 8.59. The maximum Gasteiger partial charge on any atom is 0.146 e. The number of halogens is 2. The van der Waals surface area contributed by atoms with Crippen LogP contribution in [0.25, 0.3) is 0 Å². The first-order valence-corrected chi connectivity index (χ1v) is 6.64. The molecule has 2 rings (SSSR count). The molecule has 0 unspecified atom stereocenters. The number of nitrogens with two attached hydrogens (primary N) is 1. The highest BCUT2D eigenvalue weighted by atomic mass is 35.5. The van der Waals surface area contributed by atoms with Crippen LogP contribution in [0.15, 0.2) is 18.2 Å². The van der Waals surface area contributed by atoms with E-state index in [0.717, 1.165) is 11.0 Å². The van der Waals surface area contributed by atoms with E-state index < -0.39 is 0 Å². The van der Waals surface area contributed by atoms with Crippen LogP contribution in [0.1, 0.15) is 19.3 Å². The zero-order chi connectivity index (χ0) is 13.0. The van der Waals surface area contributed by atoms with Crippen LogP contribution < -0.4 is 22.9 Å². The van der Waals surface area contributed by atoms with Crippen molar-refractivity contribution in [2.45, 2.75) is 19.3 Å². The fraction of sp³-hybridized carbons (Fsp3) is 0.571. The molecule has 1 aromatic carbocycles. The van der Waals surface area contributed by atoms with Gasteiger partial charge in [-0.1, -0.05) is 0 Å². The molecule has 0 saturated carbocycles. The smallest absolute Gasteiger partial charge is 0.146 e. The Hall–Kier alpha value is -0.840. The van der Waals surface area contributed by atoms with Crippen molar-refractivity contribution in [3.63, 3.8) is 0 Å². The van der Waals surface area contributed by atoms with Gasteiger partial charge in [-0.3, -0.25) is 0 Å². The van der Waals surface area contributed by atoms with Gasteiger partial charge in [-0.25, -0.2) is 0 Å². The van der Waals surface area contributed by atoms with E-state index in [9.17, 15) is 5.11 Å². The van der Waals surface area contributed by atoms with Crippen LogP contribution >= 0.6 is 12.4 Å². The van der Waals surface area contributed by atoms with Crippen LogP contribution in [-0.4, -0.2) is 42.9 Å². The van der Waals surface area contributed by atoms with Crippen LogP contribution in [-0.2, 0) is 0 Å². The summed E-state index contributed by atoms with van der Waals surface area (Å²) in [7, 11) is 2.29. The second-order valence-corrected chi connectivity index (χ2v) is 5.42. The van der Waals surface area contributed by atoms with Crippen LogP contribution in [0.3, 0.4) is 0 Å². The number of hydrogen-bond acceptors (Lipinski definition) is 3. The van der Waals surface area contributed by atoms with Crippen molar-refractivity contribution in [2.75, 3.05) is 39.0 Å². The summed E-state index contributed by atoms with van der Waals surface area (Å²) in [6.45, 7) is 4.11. The molecule has 1 heterocycles. The molecule has 0 aliphatic carbocycles. The van der Waals surface area contributed by atoms with Crippen LogP contribution in [0.4, 0.5) is 5.69 Å². The number of nitrogen functional groups attached to an aromatic ring is 1. The number of anilines is 1. The van der Waals surface area contributed by atoms with Crippen molar-refractivity contribution in [1.82, 2.24) is 0 Å². The summed E-state index contributed by atoms with van der Waals surface area (Å²) in [5, 5.41) is 9.40. The Bertz CT molecular complexity index is 410. The molecule has 0 radical (unpaired) electrons. The number of aromatic hydroxyl groups is 1. The minimum atomic E-state index is 0. The molecule has 1 aliphatic rings. The van der Waals surface area contributed by atoms with Crippen LogP contribution in [0, 0.1) is 0 Å². The van der Waals surface area contributed by atoms with E-state index in [1.807, 2.05) is 0 Å². The minimum Gasteiger partial charge on any atom is -1.00 e. The highest BCUT2D eigenvalue weighted by Crippen LogP contribution is 2.26. The molecule has 20 heavy (non-hydrogen) atoms. The first kappa shape index (κ1) is 19.2. The predicted molar refractivity (Wildman–Crippen MR) is 79.9 cm³/mol. The zero-order valence-corrected chi connectivity index (χ0v) is 13.4. The number of phenolic OH excluding ortho intramolecular Hbond substituents is 1. The Morgan fingerprint density at radius 3 is 2.55 bits per heavy atom. The number of benzene rings is 1. The third-order valence-corrected chi connectivity index (χ3v) is 3.78. The monoisotopic (exact) mass is 322 g/mol. The normalized spacial score (nSPS) is 16.6. The molecule has 0 bridgehead atoms. The van der Waals surface area contributed by atoms with Gasteiger partial charge < -0.3 is 32.5 Å². The van der Waals surface area contributed by atoms with Crippen LogP contribution in [0.2, 0.25) is 0 Å². The van der Waals surface area contributed by atoms with Crippen molar-refractivity contribution in [3.8, 4) is 11.5 Å². The maximum atomic E-state index is 9.40. The molecule has 3 N–H and O–H groups in total. The largest absolute Gasteiger partial charge is 1.00 e. The number of nitrogens with zero attached hydrogens (tertiary/aromatic N) is 1. The van der Waals surface area contributed by atoms with Crippen molar-refractivity contribution in [1.29, 1.82) is 0 Å². The van der Waals surface area contributed by atoms with E-state index in [1.54, 1.807) is 18.2 Å². The van der Waals surface area contributed by atoms with Gasteiger partial charge >= 0.3 is 0 Å². The molecular weight excluding hydrogens is 299 g/mol. The molecule has 0 spiro atoms. The lowest BCUT2D eigenvalue weighted by molar-refractivity contribution is -0.914. The third kappa shape index (κ3) is 5.27. The van der Waals surface area contributed by atoms with Crippen molar-refractivity contribution in [2.24, 2.45) is 0 Å². The molecule has 0 amide bonds.